The molecule has 1 aromatic carbocycles. The lowest BCUT2D eigenvalue weighted by molar-refractivity contribution is 0.199. The van der Waals surface area contributed by atoms with Crippen molar-refractivity contribution in [1.29, 1.82) is 0 Å². The molecule has 0 bridgehead atoms. The van der Waals surface area contributed by atoms with E-state index in [0.717, 1.165) is 18.4 Å². The first-order valence-electron chi connectivity index (χ1n) is 6.36. The first-order chi connectivity index (χ1) is 9.07. The van der Waals surface area contributed by atoms with Crippen LogP contribution in [0.5, 0.6) is 0 Å². The summed E-state index contributed by atoms with van der Waals surface area (Å²) in [7, 11) is -1.74. The van der Waals surface area contributed by atoms with E-state index in [1.807, 2.05) is 18.2 Å². The fourth-order valence-corrected chi connectivity index (χ4v) is 2.81. The summed E-state index contributed by atoms with van der Waals surface area (Å²) in [6, 6.07) is 7.42. The number of sulfonamides is 1. The van der Waals surface area contributed by atoms with E-state index in [1.54, 1.807) is 13.2 Å². The fraction of sp³-hybridized carbons (Fsp3) is 0.538. The highest BCUT2D eigenvalue weighted by atomic mass is 32.2. The summed E-state index contributed by atoms with van der Waals surface area (Å²) in [6.07, 6.45) is 2.23. The number of anilines is 1. The second kappa shape index (κ2) is 8.14. The summed E-state index contributed by atoms with van der Waals surface area (Å²) < 4.78 is 31.1. The van der Waals surface area contributed by atoms with Crippen LogP contribution in [0.25, 0.3) is 0 Å². The van der Waals surface area contributed by atoms with E-state index in [0.29, 0.717) is 25.3 Å². The van der Waals surface area contributed by atoms with Crippen molar-refractivity contribution in [2.45, 2.75) is 19.3 Å². The third-order valence-corrected chi connectivity index (χ3v) is 4.00. The largest absolute Gasteiger partial charge is 0.385 e. The van der Waals surface area contributed by atoms with Gasteiger partial charge in [-0.3, -0.25) is 4.72 Å². The minimum Gasteiger partial charge on any atom is -0.385 e. The Kier molecular flexibility index (Phi) is 6.83. The van der Waals surface area contributed by atoms with Crippen LogP contribution in [-0.2, 0) is 21.2 Å². The highest BCUT2D eigenvalue weighted by Crippen LogP contribution is 2.14. The van der Waals surface area contributed by atoms with Crippen molar-refractivity contribution in [3.05, 3.63) is 29.8 Å². The molecule has 19 heavy (non-hydrogen) atoms. The molecule has 0 spiro atoms. The number of hydrogen-bond donors (Lipinski definition) is 2. The quantitative estimate of drug-likeness (QED) is 0.672. The zero-order valence-electron chi connectivity index (χ0n) is 11.3. The zero-order chi connectivity index (χ0) is 14.1. The number of methoxy groups -OCH3 is 1. The van der Waals surface area contributed by atoms with Crippen molar-refractivity contribution in [2.75, 3.05) is 30.7 Å². The fourth-order valence-electron chi connectivity index (χ4n) is 1.72. The Morgan fingerprint density at radius 3 is 2.79 bits per heavy atom. The Bertz CT molecular complexity index is 475. The number of aryl methyl sites for hydroxylation is 1. The summed E-state index contributed by atoms with van der Waals surface area (Å²) in [6.45, 7) is 1.07. The van der Waals surface area contributed by atoms with Crippen molar-refractivity contribution >= 4 is 15.7 Å². The first-order valence-corrected chi connectivity index (χ1v) is 8.01. The third-order valence-electron chi connectivity index (χ3n) is 2.63. The van der Waals surface area contributed by atoms with E-state index >= 15 is 0 Å². The van der Waals surface area contributed by atoms with Crippen molar-refractivity contribution in [2.24, 2.45) is 5.73 Å². The van der Waals surface area contributed by atoms with E-state index < -0.39 is 10.0 Å². The highest BCUT2D eigenvalue weighted by molar-refractivity contribution is 7.92. The van der Waals surface area contributed by atoms with Gasteiger partial charge < -0.3 is 10.5 Å². The van der Waals surface area contributed by atoms with Crippen LogP contribution in [0, 0.1) is 0 Å². The van der Waals surface area contributed by atoms with Gasteiger partial charge >= 0.3 is 0 Å². The number of hydrogen-bond acceptors (Lipinski definition) is 4. The van der Waals surface area contributed by atoms with Gasteiger partial charge in [-0.25, -0.2) is 8.42 Å². The average molecular weight is 286 g/mol. The summed E-state index contributed by atoms with van der Waals surface area (Å²) in [5.41, 5.74) is 7.15. The molecule has 0 radical (unpaired) electrons. The SMILES string of the molecule is COCCCS(=O)(=O)Nc1cccc(CCCN)c1. The predicted molar refractivity (Wildman–Crippen MR) is 77.7 cm³/mol. The second-order valence-electron chi connectivity index (χ2n) is 4.36. The van der Waals surface area contributed by atoms with Gasteiger partial charge in [0.05, 0.1) is 5.75 Å². The second-order valence-corrected chi connectivity index (χ2v) is 6.20. The summed E-state index contributed by atoms with van der Waals surface area (Å²) >= 11 is 0. The predicted octanol–water partition coefficient (Wildman–Crippen LogP) is 1.36. The Morgan fingerprint density at radius 2 is 2.11 bits per heavy atom. The molecule has 0 unspecified atom stereocenters. The van der Waals surface area contributed by atoms with Crippen molar-refractivity contribution in [3.8, 4) is 0 Å². The summed E-state index contributed by atoms with van der Waals surface area (Å²) in [5, 5.41) is 0. The van der Waals surface area contributed by atoms with Crippen molar-refractivity contribution in [3.63, 3.8) is 0 Å². The van der Waals surface area contributed by atoms with Gasteiger partial charge in [0, 0.05) is 19.4 Å². The molecule has 0 saturated carbocycles. The zero-order valence-corrected chi connectivity index (χ0v) is 12.1. The standard InChI is InChI=1S/C13H22N2O3S/c1-18-9-4-10-19(16,17)15-13-7-2-5-12(11-13)6-3-8-14/h2,5,7,11,15H,3-4,6,8-10,14H2,1H3. The van der Waals surface area contributed by atoms with Crippen LogP contribution in [0.15, 0.2) is 24.3 Å². The topological polar surface area (TPSA) is 81.4 Å². The van der Waals surface area contributed by atoms with E-state index in [4.69, 9.17) is 10.5 Å². The number of rotatable bonds is 9. The Balaban J connectivity index is 2.60. The number of ether oxygens (including phenoxy) is 1. The molecule has 0 heterocycles. The van der Waals surface area contributed by atoms with Gasteiger partial charge in [-0.15, -0.1) is 0 Å². The number of nitrogens with one attached hydrogen (secondary N) is 1. The van der Waals surface area contributed by atoms with Crippen LogP contribution >= 0.6 is 0 Å². The van der Waals surface area contributed by atoms with Gasteiger partial charge in [0.25, 0.3) is 0 Å². The summed E-state index contributed by atoms with van der Waals surface area (Å²) in [5.74, 6) is 0.0634. The Morgan fingerprint density at radius 1 is 1.32 bits per heavy atom. The highest BCUT2D eigenvalue weighted by Gasteiger charge is 2.10. The molecule has 0 aliphatic rings. The van der Waals surface area contributed by atoms with Crippen molar-refractivity contribution < 1.29 is 13.2 Å². The van der Waals surface area contributed by atoms with Crippen LogP contribution in [-0.4, -0.2) is 34.4 Å². The normalized spacial score (nSPS) is 11.5. The summed E-state index contributed by atoms with van der Waals surface area (Å²) in [4.78, 5) is 0. The van der Waals surface area contributed by atoms with Gasteiger partial charge in [-0.05, 0) is 43.5 Å². The molecule has 0 aromatic heterocycles. The lowest BCUT2D eigenvalue weighted by atomic mass is 10.1. The molecule has 1 aromatic rings. The van der Waals surface area contributed by atoms with E-state index in [2.05, 4.69) is 4.72 Å². The van der Waals surface area contributed by atoms with Crippen LogP contribution in [0.1, 0.15) is 18.4 Å². The van der Waals surface area contributed by atoms with Crippen LogP contribution in [0.3, 0.4) is 0 Å². The van der Waals surface area contributed by atoms with E-state index in [-0.39, 0.29) is 5.75 Å². The number of nitrogens with two attached hydrogens (primary N) is 1. The minimum absolute atomic E-state index is 0.0634. The maximum Gasteiger partial charge on any atom is 0.232 e. The molecule has 0 amide bonds. The molecule has 0 atom stereocenters. The van der Waals surface area contributed by atoms with Gasteiger partial charge in [0.15, 0.2) is 0 Å². The lowest BCUT2D eigenvalue weighted by Gasteiger charge is -2.09. The molecule has 0 saturated heterocycles. The molecule has 0 aliphatic carbocycles. The maximum absolute atomic E-state index is 11.8. The smallest absolute Gasteiger partial charge is 0.232 e. The molecule has 6 heteroatoms. The first kappa shape index (κ1) is 15.9. The Hall–Kier alpha value is -1.11. The number of benzene rings is 1. The maximum atomic E-state index is 11.8. The van der Waals surface area contributed by atoms with Gasteiger partial charge in [0.1, 0.15) is 0 Å². The van der Waals surface area contributed by atoms with E-state index in [1.165, 1.54) is 0 Å². The van der Waals surface area contributed by atoms with Crippen LogP contribution < -0.4 is 10.5 Å². The van der Waals surface area contributed by atoms with Crippen molar-refractivity contribution in [1.82, 2.24) is 0 Å². The molecule has 0 aliphatic heterocycles. The molecule has 5 nitrogen and oxygen atoms in total. The average Bonchev–Trinajstić information content (AvgIpc) is 2.36. The van der Waals surface area contributed by atoms with Gasteiger partial charge in [0.2, 0.25) is 10.0 Å². The molecule has 108 valence electrons. The monoisotopic (exact) mass is 286 g/mol. The molecular weight excluding hydrogens is 264 g/mol. The minimum atomic E-state index is -3.30. The molecular formula is C13H22N2O3S. The van der Waals surface area contributed by atoms with Gasteiger partial charge in [-0.1, -0.05) is 12.1 Å². The molecule has 0 fully saturated rings. The molecule has 1 rings (SSSR count). The lowest BCUT2D eigenvalue weighted by Crippen LogP contribution is -2.17. The van der Waals surface area contributed by atoms with Crippen LogP contribution in [0.2, 0.25) is 0 Å². The van der Waals surface area contributed by atoms with E-state index in [9.17, 15) is 8.42 Å². The third kappa shape index (κ3) is 6.56. The van der Waals surface area contributed by atoms with Gasteiger partial charge in [-0.2, -0.15) is 0 Å². The molecule has 3 N–H and O–H groups in total. The van der Waals surface area contributed by atoms with Crippen LogP contribution in [0.4, 0.5) is 5.69 Å². The Labute approximate surface area is 115 Å².